The third-order valence-electron chi connectivity index (χ3n) is 2.28. The Balaban J connectivity index is 2.44. The first kappa shape index (κ1) is 11.2. The van der Waals surface area contributed by atoms with Crippen molar-refractivity contribution in [2.45, 2.75) is 26.2 Å². The molecule has 0 bridgehead atoms. The van der Waals surface area contributed by atoms with Gasteiger partial charge in [-0.1, -0.05) is 20.8 Å². The predicted molar refractivity (Wildman–Crippen MR) is 64.0 cm³/mol. The molecule has 2 rings (SSSR count). The van der Waals surface area contributed by atoms with E-state index >= 15 is 0 Å². The monoisotopic (exact) mass is 236 g/mol. The Kier molecular flexibility index (Phi) is 2.76. The molecule has 0 unspecified atom stereocenters. The van der Waals surface area contributed by atoms with E-state index in [2.05, 4.69) is 30.7 Å². The lowest BCUT2D eigenvalue weighted by Crippen LogP contribution is -2.11. The van der Waals surface area contributed by atoms with Gasteiger partial charge < -0.3 is 0 Å². The van der Waals surface area contributed by atoms with E-state index in [0.717, 1.165) is 5.69 Å². The largest absolute Gasteiger partial charge is 0.262 e. The van der Waals surface area contributed by atoms with E-state index in [1.54, 1.807) is 12.3 Å². The van der Waals surface area contributed by atoms with E-state index in [-0.39, 0.29) is 11.2 Å². The van der Waals surface area contributed by atoms with Gasteiger partial charge in [-0.25, -0.2) is 9.37 Å². The highest BCUT2D eigenvalue weighted by molar-refractivity contribution is 7.13. The molecule has 0 aromatic carbocycles. The minimum atomic E-state index is -0.322. The van der Waals surface area contributed by atoms with E-state index in [9.17, 15) is 4.39 Å². The zero-order valence-electron chi connectivity index (χ0n) is 9.49. The molecule has 2 heterocycles. The van der Waals surface area contributed by atoms with Crippen molar-refractivity contribution in [1.82, 2.24) is 9.97 Å². The lowest BCUT2D eigenvalue weighted by molar-refractivity contribution is 0.573. The maximum absolute atomic E-state index is 13.5. The van der Waals surface area contributed by atoms with E-state index in [0.29, 0.717) is 10.6 Å². The quantitative estimate of drug-likeness (QED) is 0.755. The Bertz CT molecular complexity index is 500. The second kappa shape index (κ2) is 3.94. The molecule has 0 radical (unpaired) electrons. The van der Waals surface area contributed by atoms with Gasteiger partial charge in [0.25, 0.3) is 0 Å². The number of thiazole rings is 1. The summed E-state index contributed by atoms with van der Waals surface area (Å²) in [5, 5.41) is 2.69. The minimum absolute atomic E-state index is 0.00173. The first-order valence-corrected chi connectivity index (χ1v) is 5.92. The second-order valence-corrected chi connectivity index (χ2v) is 5.50. The first-order valence-electron chi connectivity index (χ1n) is 5.04. The molecule has 0 spiro atoms. The summed E-state index contributed by atoms with van der Waals surface area (Å²) in [6, 6.07) is 1.65. The predicted octanol–water partition coefficient (Wildman–Crippen LogP) is 3.64. The second-order valence-electron chi connectivity index (χ2n) is 4.64. The van der Waals surface area contributed by atoms with Crippen LogP contribution in [0.3, 0.4) is 0 Å². The van der Waals surface area contributed by atoms with Crippen molar-refractivity contribution >= 4 is 11.3 Å². The Hall–Kier alpha value is -1.29. The Labute approximate surface area is 98.2 Å². The van der Waals surface area contributed by atoms with Gasteiger partial charge in [-0.3, -0.25) is 4.98 Å². The third kappa shape index (κ3) is 2.11. The zero-order chi connectivity index (χ0) is 11.8. The molecule has 2 aromatic heterocycles. The van der Waals surface area contributed by atoms with Crippen LogP contribution in [0.1, 0.15) is 26.5 Å². The molecule has 0 amide bonds. The van der Waals surface area contributed by atoms with Crippen LogP contribution in [-0.2, 0) is 5.41 Å². The molecule has 0 atom stereocenters. The lowest BCUT2D eigenvalue weighted by atomic mass is 9.93. The van der Waals surface area contributed by atoms with Gasteiger partial charge in [-0.05, 0) is 6.07 Å². The molecular formula is C12H13FN2S. The molecule has 0 aliphatic rings. The number of hydrogen-bond donors (Lipinski definition) is 0. The summed E-state index contributed by atoms with van der Waals surface area (Å²) >= 11 is 1.46. The summed E-state index contributed by atoms with van der Waals surface area (Å²) in [4.78, 5) is 8.19. The van der Waals surface area contributed by atoms with Gasteiger partial charge in [0, 0.05) is 22.6 Å². The molecule has 0 fully saturated rings. The van der Waals surface area contributed by atoms with Crippen molar-refractivity contribution in [3.8, 4) is 10.6 Å². The number of aromatic nitrogens is 2. The van der Waals surface area contributed by atoms with Crippen LogP contribution in [0.2, 0.25) is 0 Å². The summed E-state index contributed by atoms with van der Waals surface area (Å²) in [7, 11) is 0. The third-order valence-corrected chi connectivity index (χ3v) is 3.15. The van der Waals surface area contributed by atoms with Gasteiger partial charge in [0.15, 0.2) is 5.82 Å². The van der Waals surface area contributed by atoms with E-state index in [1.165, 1.54) is 17.5 Å². The number of nitrogens with zero attached hydrogens (tertiary/aromatic N) is 2. The SMILES string of the molecule is CC(C)(C)c1csc(-c2ccncc2F)n1. The molecule has 0 saturated carbocycles. The summed E-state index contributed by atoms with van der Waals surface area (Å²) in [6.07, 6.45) is 2.80. The van der Waals surface area contributed by atoms with Crippen LogP contribution < -0.4 is 0 Å². The van der Waals surface area contributed by atoms with Crippen molar-refractivity contribution in [3.63, 3.8) is 0 Å². The highest BCUT2D eigenvalue weighted by Gasteiger charge is 2.18. The van der Waals surface area contributed by atoms with Crippen LogP contribution in [0, 0.1) is 5.82 Å². The van der Waals surface area contributed by atoms with Gasteiger partial charge in [0.05, 0.1) is 11.9 Å². The van der Waals surface area contributed by atoms with Crippen molar-refractivity contribution in [2.24, 2.45) is 0 Å². The van der Waals surface area contributed by atoms with Gasteiger partial charge in [-0.15, -0.1) is 11.3 Å². The van der Waals surface area contributed by atoms with Crippen LogP contribution in [0.15, 0.2) is 23.8 Å². The topological polar surface area (TPSA) is 25.8 Å². The van der Waals surface area contributed by atoms with Crippen LogP contribution in [-0.4, -0.2) is 9.97 Å². The summed E-state index contributed by atoms with van der Waals surface area (Å²) in [5.74, 6) is -0.322. The normalized spacial score (nSPS) is 11.8. The van der Waals surface area contributed by atoms with Crippen molar-refractivity contribution in [2.75, 3.05) is 0 Å². The fraction of sp³-hybridized carbons (Fsp3) is 0.333. The van der Waals surface area contributed by atoms with E-state index in [4.69, 9.17) is 0 Å². The van der Waals surface area contributed by atoms with Crippen molar-refractivity contribution in [1.29, 1.82) is 0 Å². The molecule has 2 nitrogen and oxygen atoms in total. The van der Waals surface area contributed by atoms with Crippen LogP contribution >= 0.6 is 11.3 Å². The van der Waals surface area contributed by atoms with Gasteiger partial charge in [0.1, 0.15) is 5.01 Å². The molecule has 0 aliphatic carbocycles. The van der Waals surface area contributed by atoms with E-state index < -0.39 is 0 Å². The fourth-order valence-electron chi connectivity index (χ4n) is 1.29. The molecule has 0 aliphatic heterocycles. The highest BCUT2D eigenvalue weighted by Crippen LogP contribution is 2.30. The molecular weight excluding hydrogens is 223 g/mol. The van der Waals surface area contributed by atoms with Gasteiger partial charge >= 0.3 is 0 Å². The van der Waals surface area contributed by atoms with Crippen molar-refractivity contribution < 1.29 is 4.39 Å². The average Bonchev–Trinajstić information content (AvgIpc) is 2.66. The van der Waals surface area contributed by atoms with Crippen LogP contribution in [0.4, 0.5) is 4.39 Å². The molecule has 16 heavy (non-hydrogen) atoms. The van der Waals surface area contributed by atoms with Crippen LogP contribution in [0.5, 0.6) is 0 Å². The molecule has 0 N–H and O–H groups in total. The standard InChI is InChI=1S/C12H13FN2S/c1-12(2,3)10-7-16-11(15-10)8-4-5-14-6-9(8)13/h4-7H,1-3H3. The lowest BCUT2D eigenvalue weighted by Gasteiger charge is -2.14. The Morgan fingerprint density at radius 3 is 2.62 bits per heavy atom. The number of rotatable bonds is 1. The van der Waals surface area contributed by atoms with Crippen LogP contribution in [0.25, 0.3) is 10.6 Å². The smallest absolute Gasteiger partial charge is 0.151 e. The first-order chi connectivity index (χ1) is 7.48. The number of halogens is 1. The average molecular weight is 236 g/mol. The molecule has 84 valence electrons. The number of hydrogen-bond acceptors (Lipinski definition) is 3. The maximum Gasteiger partial charge on any atom is 0.151 e. The summed E-state index contributed by atoms with van der Waals surface area (Å²) in [6.45, 7) is 6.28. The van der Waals surface area contributed by atoms with Gasteiger partial charge in [0.2, 0.25) is 0 Å². The minimum Gasteiger partial charge on any atom is -0.262 e. The fourth-order valence-corrected chi connectivity index (χ4v) is 2.36. The number of pyridine rings is 1. The van der Waals surface area contributed by atoms with Crippen molar-refractivity contribution in [3.05, 3.63) is 35.4 Å². The summed E-state index contributed by atoms with van der Waals surface area (Å²) in [5.41, 5.74) is 1.51. The molecule has 2 aromatic rings. The Morgan fingerprint density at radius 2 is 2.06 bits per heavy atom. The van der Waals surface area contributed by atoms with E-state index in [1.807, 2.05) is 5.38 Å². The van der Waals surface area contributed by atoms with Gasteiger partial charge in [-0.2, -0.15) is 0 Å². The molecule has 4 heteroatoms. The molecule has 0 saturated heterocycles. The zero-order valence-corrected chi connectivity index (χ0v) is 10.3. The maximum atomic E-state index is 13.5. The Morgan fingerprint density at radius 1 is 1.31 bits per heavy atom. The summed E-state index contributed by atoms with van der Waals surface area (Å²) < 4.78 is 13.5. The highest BCUT2D eigenvalue weighted by atomic mass is 32.1.